The summed E-state index contributed by atoms with van der Waals surface area (Å²) in [5, 5.41) is 13.0. The summed E-state index contributed by atoms with van der Waals surface area (Å²) < 4.78 is 10.6. The number of methoxy groups -OCH3 is 1. The minimum atomic E-state index is -0.352. The van der Waals surface area contributed by atoms with Crippen LogP contribution < -0.4 is 10.1 Å². The molecule has 2 aliphatic rings. The maximum Gasteiger partial charge on any atom is 0.338 e. The molecule has 0 aromatic heterocycles. The number of aromatic hydroxyl groups is 1. The highest BCUT2D eigenvalue weighted by Crippen LogP contribution is 2.30. The number of hydrogen-bond acceptors (Lipinski definition) is 5. The Labute approximate surface area is 117 Å². The minimum Gasteiger partial charge on any atom is -0.504 e. The van der Waals surface area contributed by atoms with Crippen LogP contribution in [0.2, 0.25) is 0 Å². The fourth-order valence-electron chi connectivity index (χ4n) is 3.13. The molecule has 2 bridgehead atoms. The number of nitrogens with one attached hydrogen (secondary N) is 1. The van der Waals surface area contributed by atoms with Gasteiger partial charge in [-0.05, 0) is 43.9 Å². The summed E-state index contributed by atoms with van der Waals surface area (Å²) in [4.78, 5) is 12.1. The number of piperidine rings is 1. The Balaban J connectivity index is 1.67. The molecule has 2 fully saturated rings. The van der Waals surface area contributed by atoms with Crippen molar-refractivity contribution in [2.45, 2.75) is 43.9 Å². The Morgan fingerprint density at radius 2 is 2.00 bits per heavy atom. The van der Waals surface area contributed by atoms with Gasteiger partial charge in [0.2, 0.25) is 0 Å². The van der Waals surface area contributed by atoms with Gasteiger partial charge in [0.1, 0.15) is 6.10 Å². The second-order valence-electron chi connectivity index (χ2n) is 5.52. The van der Waals surface area contributed by atoms with Crippen LogP contribution in [0.4, 0.5) is 0 Å². The van der Waals surface area contributed by atoms with E-state index in [0.717, 1.165) is 12.8 Å². The quantitative estimate of drug-likeness (QED) is 0.825. The molecule has 3 rings (SSSR count). The maximum absolute atomic E-state index is 12.1. The average molecular weight is 277 g/mol. The van der Waals surface area contributed by atoms with Gasteiger partial charge in [-0.1, -0.05) is 0 Å². The SMILES string of the molecule is COc1cc(C(=O)OC2C[C@H]3CC[C@@H](C2)N3)ccc1O. The zero-order valence-electron chi connectivity index (χ0n) is 11.5. The van der Waals surface area contributed by atoms with Crippen molar-refractivity contribution in [3.63, 3.8) is 0 Å². The number of phenols is 1. The molecule has 0 radical (unpaired) electrons. The number of phenolic OH excluding ortho intramolecular Hbond substituents is 1. The first-order valence-corrected chi connectivity index (χ1v) is 6.99. The van der Waals surface area contributed by atoms with Crippen LogP contribution >= 0.6 is 0 Å². The van der Waals surface area contributed by atoms with E-state index >= 15 is 0 Å². The summed E-state index contributed by atoms with van der Waals surface area (Å²) in [6.07, 6.45) is 4.10. The van der Waals surface area contributed by atoms with E-state index in [1.165, 1.54) is 32.1 Å². The van der Waals surface area contributed by atoms with E-state index in [-0.39, 0.29) is 23.6 Å². The summed E-state index contributed by atoms with van der Waals surface area (Å²) >= 11 is 0. The van der Waals surface area contributed by atoms with Gasteiger partial charge in [0.15, 0.2) is 11.5 Å². The molecule has 5 heteroatoms. The van der Waals surface area contributed by atoms with Crippen molar-refractivity contribution in [3.05, 3.63) is 23.8 Å². The van der Waals surface area contributed by atoms with Crippen LogP contribution in [0.15, 0.2) is 18.2 Å². The third kappa shape index (κ3) is 2.58. The molecule has 1 aromatic carbocycles. The van der Waals surface area contributed by atoms with Gasteiger partial charge < -0.3 is 19.9 Å². The Hall–Kier alpha value is -1.75. The van der Waals surface area contributed by atoms with E-state index in [2.05, 4.69) is 5.32 Å². The highest BCUT2D eigenvalue weighted by molar-refractivity contribution is 5.90. The summed E-state index contributed by atoms with van der Waals surface area (Å²) in [6.45, 7) is 0. The van der Waals surface area contributed by atoms with Crippen LogP contribution in [-0.4, -0.2) is 36.4 Å². The van der Waals surface area contributed by atoms with Crippen molar-refractivity contribution in [1.82, 2.24) is 5.32 Å². The van der Waals surface area contributed by atoms with Crippen molar-refractivity contribution < 1.29 is 19.4 Å². The van der Waals surface area contributed by atoms with Crippen LogP contribution in [0.5, 0.6) is 11.5 Å². The number of carbonyl (C=O) groups is 1. The summed E-state index contributed by atoms with van der Waals surface area (Å²) in [5.41, 5.74) is 0.408. The van der Waals surface area contributed by atoms with Crippen LogP contribution in [0, 0.1) is 0 Å². The van der Waals surface area contributed by atoms with Crippen molar-refractivity contribution in [1.29, 1.82) is 0 Å². The molecule has 20 heavy (non-hydrogen) atoms. The third-order valence-electron chi connectivity index (χ3n) is 4.12. The number of fused-ring (bicyclic) bond motifs is 2. The van der Waals surface area contributed by atoms with Gasteiger partial charge in [-0.15, -0.1) is 0 Å². The first-order valence-electron chi connectivity index (χ1n) is 6.99. The first kappa shape index (κ1) is 13.2. The Kier molecular flexibility index (Phi) is 3.53. The Morgan fingerprint density at radius 3 is 2.65 bits per heavy atom. The number of ether oxygens (including phenoxy) is 2. The number of esters is 1. The van der Waals surface area contributed by atoms with Gasteiger partial charge in [-0.3, -0.25) is 0 Å². The lowest BCUT2D eigenvalue weighted by Crippen LogP contribution is -2.42. The molecule has 0 spiro atoms. The van der Waals surface area contributed by atoms with E-state index in [1.807, 2.05) is 0 Å². The highest BCUT2D eigenvalue weighted by atomic mass is 16.5. The lowest BCUT2D eigenvalue weighted by Gasteiger charge is -2.28. The van der Waals surface area contributed by atoms with E-state index < -0.39 is 0 Å². The minimum absolute atomic E-state index is 0.0129. The molecule has 1 aromatic rings. The van der Waals surface area contributed by atoms with Crippen LogP contribution in [-0.2, 0) is 4.74 Å². The second-order valence-corrected chi connectivity index (χ2v) is 5.52. The first-order chi connectivity index (χ1) is 9.65. The van der Waals surface area contributed by atoms with E-state index in [4.69, 9.17) is 9.47 Å². The van der Waals surface area contributed by atoms with E-state index in [0.29, 0.717) is 17.6 Å². The van der Waals surface area contributed by atoms with Gasteiger partial charge in [0.25, 0.3) is 0 Å². The topological polar surface area (TPSA) is 67.8 Å². The predicted molar refractivity (Wildman–Crippen MR) is 73.0 cm³/mol. The van der Waals surface area contributed by atoms with Crippen molar-refractivity contribution >= 4 is 5.97 Å². The largest absolute Gasteiger partial charge is 0.504 e. The molecular formula is C15H19NO4. The highest BCUT2D eigenvalue weighted by Gasteiger charge is 2.35. The maximum atomic E-state index is 12.1. The van der Waals surface area contributed by atoms with Gasteiger partial charge in [0, 0.05) is 12.1 Å². The summed E-state index contributed by atoms with van der Waals surface area (Å²) in [5.74, 6) is -0.0524. The molecule has 2 saturated heterocycles. The number of hydrogen-bond donors (Lipinski definition) is 2. The van der Waals surface area contributed by atoms with Gasteiger partial charge in [-0.2, -0.15) is 0 Å². The molecule has 5 nitrogen and oxygen atoms in total. The molecule has 2 heterocycles. The van der Waals surface area contributed by atoms with Crippen molar-refractivity contribution in [3.8, 4) is 11.5 Å². The van der Waals surface area contributed by atoms with Gasteiger partial charge in [-0.25, -0.2) is 4.79 Å². The fraction of sp³-hybridized carbons (Fsp3) is 0.533. The predicted octanol–water partition coefficient (Wildman–Crippen LogP) is 1.84. The normalized spacial score (nSPS) is 28.1. The molecule has 2 N–H and O–H groups in total. The summed E-state index contributed by atoms with van der Waals surface area (Å²) in [7, 11) is 1.45. The second kappa shape index (κ2) is 5.32. The third-order valence-corrected chi connectivity index (χ3v) is 4.12. The molecule has 108 valence electrons. The summed E-state index contributed by atoms with van der Waals surface area (Å²) in [6, 6.07) is 5.48. The zero-order chi connectivity index (χ0) is 14.1. The van der Waals surface area contributed by atoms with Gasteiger partial charge >= 0.3 is 5.97 Å². The number of rotatable bonds is 3. The van der Waals surface area contributed by atoms with Crippen molar-refractivity contribution in [2.24, 2.45) is 0 Å². The molecule has 0 saturated carbocycles. The Bertz CT molecular complexity index is 505. The van der Waals surface area contributed by atoms with Gasteiger partial charge in [0.05, 0.1) is 12.7 Å². The molecule has 3 atom stereocenters. The average Bonchev–Trinajstić information content (AvgIpc) is 2.78. The van der Waals surface area contributed by atoms with Crippen molar-refractivity contribution in [2.75, 3.05) is 7.11 Å². The molecule has 2 aliphatic heterocycles. The van der Waals surface area contributed by atoms with Crippen LogP contribution in [0.25, 0.3) is 0 Å². The lowest BCUT2D eigenvalue weighted by atomic mass is 10.0. The number of carbonyl (C=O) groups excluding carboxylic acids is 1. The zero-order valence-corrected chi connectivity index (χ0v) is 11.5. The molecule has 0 aliphatic carbocycles. The molecular weight excluding hydrogens is 258 g/mol. The molecule has 0 amide bonds. The monoisotopic (exact) mass is 277 g/mol. The molecule has 1 unspecified atom stereocenters. The fourth-order valence-corrected chi connectivity index (χ4v) is 3.13. The van der Waals surface area contributed by atoms with E-state index in [1.54, 1.807) is 6.07 Å². The number of benzene rings is 1. The lowest BCUT2D eigenvalue weighted by molar-refractivity contribution is 0.0177. The smallest absolute Gasteiger partial charge is 0.338 e. The Morgan fingerprint density at radius 1 is 1.30 bits per heavy atom. The van der Waals surface area contributed by atoms with Crippen LogP contribution in [0.3, 0.4) is 0 Å². The van der Waals surface area contributed by atoms with E-state index in [9.17, 15) is 9.90 Å². The van der Waals surface area contributed by atoms with Crippen LogP contribution in [0.1, 0.15) is 36.0 Å². The standard InChI is InChI=1S/C15H19NO4/c1-19-14-6-9(2-5-13(14)17)15(18)20-12-7-10-3-4-11(8-12)16-10/h2,5-6,10-12,16-17H,3-4,7-8H2,1H3/t10-,11+,12?.